The minimum atomic E-state index is -0.234. The van der Waals surface area contributed by atoms with Gasteiger partial charge in [0.05, 0.1) is 35.7 Å². The fourth-order valence-corrected chi connectivity index (χ4v) is 4.90. The number of primary amides is 1. The molecular formula is C25H28N4O3S. The molecule has 1 aliphatic rings. The molecule has 0 saturated carbocycles. The molecule has 2 heterocycles. The van der Waals surface area contributed by atoms with Crippen LogP contribution in [0.15, 0.2) is 53.9 Å². The van der Waals surface area contributed by atoms with E-state index < -0.39 is 0 Å². The lowest BCUT2D eigenvalue weighted by Gasteiger charge is -2.33. The molecule has 3 N–H and O–H groups in total. The molecule has 1 aromatic heterocycles. The second-order valence-corrected chi connectivity index (χ2v) is 8.84. The number of nitrogens with zero attached hydrogens (tertiary/aromatic N) is 2. The Hall–Kier alpha value is -3.39. The van der Waals surface area contributed by atoms with Gasteiger partial charge < -0.3 is 20.7 Å². The predicted octanol–water partition coefficient (Wildman–Crippen LogP) is 4.09. The summed E-state index contributed by atoms with van der Waals surface area (Å²) in [5.41, 5.74) is 8.83. The summed E-state index contributed by atoms with van der Waals surface area (Å²) >= 11 is 1.50. The number of ether oxygens (including phenoxy) is 1. The summed E-state index contributed by atoms with van der Waals surface area (Å²) in [6.07, 6.45) is 1.64. The first-order valence-corrected chi connectivity index (χ1v) is 12.0. The van der Waals surface area contributed by atoms with Gasteiger partial charge in [-0.05, 0) is 44.0 Å². The number of anilines is 2. The van der Waals surface area contributed by atoms with Crippen molar-refractivity contribution in [1.29, 1.82) is 0 Å². The van der Waals surface area contributed by atoms with Crippen molar-refractivity contribution in [3.63, 3.8) is 0 Å². The van der Waals surface area contributed by atoms with E-state index >= 15 is 0 Å². The Morgan fingerprint density at radius 2 is 1.88 bits per heavy atom. The van der Waals surface area contributed by atoms with Crippen LogP contribution in [0.25, 0.3) is 10.6 Å². The first kappa shape index (κ1) is 22.8. The lowest BCUT2D eigenvalue weighted by Crippen LogP contribution is -2.38. The zero-order valence-electron chi connectivity index (χ0n) is 18.6. The van der Waals surface area contributed by atoms with E-state index in [4.69, 9.17) is 10.5 Å². The minimum Gasteiger partial charge on any atom is -0.493 e. The van der Waals surface area contributed by atoms with E-state index in [9.17, 15) is 9.59 Å². The van der Waals surface area contributed by atoms with E-state index in [0.29, 0.717) is 6.61 Å². The third-order valence-electron chi connectivity index (χ3n) is 5.73. The maximum Gasteiger partial charge on any atom is 0.230 e. The first-order chi connectivity index (χ1) is 16.0. The van der Waals surface area contributed by atoms with Gasteiger partial charge in [0.1, 0.15) is 10.8 Å². The van der Waals surface area contributed by atoms with Crippen molar-refractivity contribution in [1.82, 2.24) is 4.98 Å². The summed E-state index contributed by atoms with van der Waals surface area (Å²) in [7, 11) is 0. The smallest absolute Gasteiger partial charge is 0.230 e. The number of nitrogens with one attached hydrogen (secondary N) is 1. The summed E-state index contributed by atoms with van der Waals surface area (Å²) < 4.78 is 5.71. The van der Waals surface area contributed by atoms with Gasteiger partial charge in [0, 0.05) is 24.4 Å². The highest BCUT2D eigenvalue weighted by Gasteiger charge is 2.24. The van der Waals surface area contributed by atoms with E-state index in [-0.39, 0.29) is 24.2 Å². The van der Waals surface area contributed by atoms with E-state index in [2.05, 4.69) is 15.2 Å². The molecule has 2 amide bonds. The lowest BCUT2D eigenvalue weighted by atomic mass is 9.96. The van der Waals surface area contributed by atoms with Gasteiger partial charge in [0.25, 0.3) is 0 Å². The zero-order chi connectivity index (χ0) is 23.2. The molecule has 0 atom stereocenters. The number of carbonyl (C=O) groups excluding carboxylic acids is 2. The van der Waals surface area contributed by atoms with E-state index in [1.807, 2.05) is 60.8 Å². The summed E-state index contributed by atoms with van der Waals surface area (Å²) in [4.78, 5) is 31.1. The van der Waals surface area contributed by atoms with Crippen LogP contribution >= 0.6 is 11.3 Å². The highest BCUT2D eigenvalue weighted by atomic mass is 32.1. The van der Waals surface area contributed by atoms with E-state index in [0.717, 1.165) is 59.3 Å². The number of rotatable bonds is 8. The third-order valence-corrected chi connectivity index (χ3v) is 6.65. The molecule has 4 rings (SSSR count). The third kappa shape index (κ3) is 5.51. The quantitative estimate of drug-likeness (QED) is 0.523. The highest BCUT2D eigenvalue weighted by Crippen LogP contribution is 2.33. The molecule has 0 spiro atoms. The lowest BCUT2D eigenvalue weighted by molar-refractivity contribution is -0.122. The summed E-state index contributed by atoms with van der Waals surface area (Å²) in [6, 6.07) is 15.5. The Balaban J connectivity index is 1.42. The summed E-state index contributed by atoms with van der Waals surface area (Å²) in [5.74, 6) is 0.362. The number of carbonyl (C=O) groups is 2. The van der Waals surface area contributed by atoms with Crippen LogP contribution < -0.4 is 20.7 Å². The van der Waals surface area contributed by atoms with Crippen LogP contribution in [0.5, 0.6) is 5.75 Å². The van der Waals surface area contributed by atoms with Gasteiger partial charge in [-0.15, -0.1) is 11.3 Å². The van der Waals surface area contributed by atoms with Gasteiger partial charge >= 0.3 is 0 Å². The maximum atomic E-state index is 12.8. The predicted molar refractivity (Wildman–Crippen MR) is 132 cm³/mol. The van der Waals surface area contributed by atoms with Gasteiger partial charge in [-0.25, -0.2) is 4.98 Å². The van der Waals surface area contributed by atoms with Crippen LogP contribution in [0.1, 0.15) is 25.5 Å². The fraction of sp³-hybridized carbons (Fsp3) is 0.320. The maximum absolute atomic E-state index is 12.8. The number of hydrogen-bond donors (Lipinski definition) is 2. The second kappa shape index (κ2) is 10.5. The number of hydrogen-bond acceptors (Lipinski definition) is 6. The van der Waals surface area contributed by atoms with Crippen molar-refractivity contribution < 1.29 is 14.3 Å². The number of piperidine rings is 1. The molecule has 0 bridgehead atoms. The molecule has 1 fully saturated rings. The minimum absolute atomic E-state index is 0.0743. The van der Waals surface area contributed by atoms with Crippen molar-refractivity contribution in [2.75, 3.05) is 29.9 Å². The molecule has 1 aliphatic heterocycles. The van der Waals surface area contributed by atoms with Crippen LogP contribution in [0.4, 0.5) is 11.4 Å². The molecule has 0 unspecified atom stereocenters. The molecule has 3 aromatic rings. The van der Waals surface area contributed by atoms with Crippen LogP contribution in [0, 0.1) is 5.92 Å². The molecule has 33 heavy (non-hydrogen) atoms. The second-order valence-electron chi connectivity index (χ2n) is 7.98. The number of para-hydroxylation sites is 3. The molecule has 172 valence electrons. The Labute approximate surface area is 197 Å². The Kier molecular flexibility index (Phi) is 7.24. The van der Waals surface area contributed by atoms with Gasteiger partial charge in [0.15, 0.2) is 0 Å². The van der Waals surface area contributed by atoms with Crippen molar-refractivity contribution in [3.8, 4) is 16.3 Å². The van der Waals surface area contributed by atoms with Crippen LogP contribution in [-0.2, 0) is 16.0 Å². The number of aromatic nitrogens is 1. The summed E-state index contributed by atoms with van der Waals surface area (Å²) in [5, 5.41) is 5.79. The zero-order valence-corrected chi connectivity index (χ0v) is 19.4. The number of benzene rings is 2. The Morgan fingerprint density at radius 3 is 2.64 bits per heavy atom. The number of thiazole rings is 1. The molecule has 1 saturated heterocycles. The van der Waals surface area contributed by atoms with Crippen molar-refractivity contribution in [2.24, 2.45) is 11.7 Å². The van der Waals surface area contributed by atoms with Gasteiger partial charge in [-0.3, -0.25) is 9.59 Å². The topological polar surface area (TPSA) is 97.6 Å². The highest BCUT2D eigenvalue weighted by molar-refractivity contribution is 7.13. The standard InChI is InChI=1S/C25H28N4O3S/c1-2-32-22-10-6-3-7-19(22)25-27-18(16-33-25)15-23(30)28-20-8-4-5-9-21(20)29-13-11-17(12-14-29)24(26)31/h3-10,16-17H,2,11-15H2,1H3,(H2,26,31)(H,28,30). The number of nitrogens with two attached hydrogens (primary N) is 1. The van der Waals surface area contributed by atoms with Crippen molar-refractivity contribution in [3.05, 3.63) is 59.6 Å². The Morgan fingerprint density at radius 1 is 1.15 bits per heavy atom. The molecule has 0 aliphatic carbocycles. The average Bonchev–Trinajstić information content (AvgIpc) is 3.28. The fourth-order valence-electron chi connectivity index (χ4n) is 4.06. The molecule has 0 radical (unpaired) electrons. The largest absolute Gasteiger partial charge is 0.493 e. The van der Waals surface area contributed by atoms with Gasteiger partial charge in [-0.1, -0.05) is 24.3 Å². The normalized spacial score (nSPS) is 14.2. The van der Waals surface area contributed by atoms with Crippen molar-refractivity contribution in [2.45, 2.75) is 26.2 Å². The van der Waals surface area contributed by atoms with Gasteiger partial charge in [0.2, 0.25) is 11.8 Å². The monoisotopic (exact) mass is 464 g/mol. The van der Waals surface area contributed by atoms with Gasteiger partial charge in [-0.2, -0.15) is 0 Å². The first-order valence-electron chi connectivity index (χ1n) is 11.1. The molecule has 8 heteroatoms. The summed E-state index contributed by atoms with van der Waals surface area (Å²) in [6.45, 7) is 3.99. The average molecular weight is 465 g/mol. The molecular weight excluding hydrogens is 436 g/mol. The van der Waals surface area contributed by atoms with Crippen molar-refractivity contribution >= 4 is 34.5 Å². The SMILES string of the molecule is CCOc1ccccc1-c1nc(CC(=O)Nc2ccccc2N2CCC(C(N)=O)CC2)cs1. The van der Waals surface area contributed by atoms with Crippen LogP contribution in [-0.4, -0.2) is 36.5 Å². The molecule has 7 nitrogen and oxygen atoms in total. The van der Waals surface area contributed by atoms with E-state index in [1.165, 1.54) is 11.3 Å². The van der Waals surface area contributed by atoms with E-state index in [1.54, 1.807) is 0 Å². The van der Waals surface area contributed by atoms with Crippen LogP contribution in [0.3, 0.4) is 0 Å². The van der Waals surface area contributed by atoms with Crippen LogP contribution in [0.2, 0.25) is 0 Å². The Bertz CT molecular complexity index is 1120. The molecule has 2 aromatic carbocycles. The number of amides is 2.